The summed E-state index contributed by atoms with van der Waals surface area (Å²) >= 11 is 0. The molecule has 1 aromatic carbocycles. The molecule has 0 spiro atoms. The Labute approximate surface area is 117 Å². The Morgan fingerprint density at radius 1 is 1.40 bits per heavy atom. The van der Waals surface area contributed by atoms with Crippen molar-refractivity contribution < 1.29 is 14.0 Å². The van der Waals surface area contributed by atoms with E-state index in [1.54, 1.807) is 7.11 Å². The average Bonchev–Trinajstić information content (AvgIpc) is 2.98. The number of rotatable bonds is 3. The summed E-state index contributed by atoms with van der Waals surface area (Å²) in [7, 11) is 1.65. The summed E-state index contributed by atoms with van der Waals surface area (Å²) in [5.41, 5.74) is 1.91. The van der Waals surface area contributed by atoms with Gasteiger partial charge in [-0.3, -0.25) is 0 Å². The predicted octanol–water partition coefficient (Wildman–Crippen LogP) is 1.71. The topological polar surface area (TPSA) is 69.4 Å². The molecule has 1 aliphatic rings. The first-order valence-electron chi connectivity index (χ1n) is 6.59. The quantitative estimate of drug-likeness (QED) is 0.919. The number of aromatic nitrogens is 2. The molecule has 0 aliphatic carbocycles. The predicted molar refractivity (Wildman–Crippen MR) is 72.6 cm³/mol. The first-order valence-corrected chi connectivity index (χ1v) is 6.59. The number of ether oxygens (including phenoxy) is 2. The standard InChI is InChI=1S/C14H17N3O3/c1-9-3-4-10(7-11(9)18-2)14-16-13(17-20-14)12-8-15-5-6-19-12/h3-4,7,12,15H,5-6,8H2,1-2H3. The molecule has 3 rings (SSSR count). The van der Waals surface area contributed by atoms with Gasteiger partial charge in [-0.1, -0.05) is 11.2 Å². The zero-order valence-corrected chi connectivity index (χ0v) is 11.5. The third-order valence-electron chi connectivity index (χ3n) is 3.31. The number of methoxy groups -OCH3 is 1. The lowest BCUT2D eigenvalue weighted by molar-refractivity contribution is 0.0208. The summed E-state index contributed by atoms with van der Waals surface area (Å²) in [4.78, 5) is 4.41. The van der Waals surface area contributed by atoms with Crippen LogP contribution in [0.3, 0.4) is 0 Å². The molecule has 6 heteroatoms. The van der Waals surface area contributed by atoms with E-state index in [1.807, 2.05) is 25.1 Å². The summed E-state index contributed by atoms with van der Waals surface area (Å²) in [5, 5.41) is 7.24. The van der Waals surface area contributed by atoms with Gasteiger partial charge < -0.3 is 19.3 Å². The molecule has 1 saturated heterocycles. The molecule has 1 atom stereocenters. The molecular weight excluding hydrogens is 258 g/mol. The lowest BCUT2D eigenvalue weighted by Crippen LogP contribution is -2.33. The first kappa shape index (κ1) is 13.1. The van der Waals surface area contributed by atoms with Gasteiger partial charge >= 0.3 is 0 Å². The minimum absolute atomic E-state index is 0.145. The molecule has 0 amide bonds. The Kier molecular flexibility index (Phi) is 3.66. The molecule has 1 aromatic heterocycles. The fourth-order valence-corrected chi connectivity index (χ4v) is 2.17. The van der Waals surface area contributed by atoms with E-state index in [2.05, 4.69) is 15.5 Å². The van der Waals surface area contributed by atoms with E-state index in [0.717, 1.165) is 23.4 Å². The lowest BCUT2D eigenvalue weighted by Gasteiger charge is -2.20. The third kappa shape index (κ3) is 2.52. The van der Waals surface area contributed by atoms with Gasteiger partial charge in [0.1, 0.15) is 11.9 Å². The van der Waals surface area contributed by atoms with Gasteiger partial charge in [-0.05, 0) is 24.6 Å². The van der Waals surface area contributed by atoms with Crippen molar-refractivity contribution in [2.45, 2.75) is 13.0 Å². The number of nitrogens with one attached hydrogen (secondary N) is 1. The van der Waals surface area contributed by atoms with Gasteiger partial charge in [-0.25, -0.2) is 0 Å². The summed E-state index contributed by atoms with van der Waals surface area (Å²) < 4.78 is 16.2. The highest BCUT2D eigenvalue weighted by Gasteiger charge is 2.22. The molecule has 6 nitrogen and oxygen atoms in total. The second kappa shape index (κ2) is 5.60. The highest BCUT2D eigenvalue weighted by molar-refractivity contribution is 5.57. The van der Waals surface area contributed by atoms with Crippen molar-refractivity contribution in [3.05, 3.63) is 29.6 Å². The Balaban J connectivity index is 1.85. The molecule has 1 N–H and O–H groups in total. The van der Waals surface area contributed by atoms with Crippen LogP contribution in [0, 0.1) is 6.92 Å². The SMILES string of the molecule is COc1cc(-c2nc(C3CNCCO3)no2)ccc1C. The molecule has 1 fully saturated rings. The summed E-state index contributed by atoms with van der Waals surface area (Å²) in [6.45, 7) is 4.21. The molecule has 0 radical (unpaired) electrons. The highest BCUT2D eigenvalue weighted by atomic mass is 16.5. The van der Waals surface area contributed by atoms with E-state index in [-0.39, 0.29) is 6.10 Å². The van der Waals surface area contributed by atoms with Crippen LogP contribution in [0.25, 0.3) is 11.5 Å². The largest absolute Gasteiger partial charge is 0.496 e. The van der Waals surface area contributed by atoms with Crippen molar-refractivity contribution in [3.63, 3.8) is 0 Å². The molecular formula is C14H17N3O3. The van der Waals surface area contributed by atoms with E-state index in [0.29, 0.717) is 24.9 Å². The number of benzene rings is 1. The number of nitrogens with zero attached hydrogens (tertiary/aromatic N) is 2. The van der Waals surface area contributed by atoms with Gasteiger partial charge in [0, 0.05) is 18.7 Å². The normalized spacial score (nSPS) is 19.0. The second-order valence-electron chi connectivity index (χ2n) is 4.71. The van der Waals surface area contributed by atoms with E-state index in [1.165, 1.54) is 0 Å². The molecule has 0 bridgehead atoms. The van der Waals surface area contributed by atoms with Crippen molar-refractivity contribution >= 4 is 0 Å². The van der Waals surface area contributed by atoms with Gasteiger partial charge in [0.2, 0.25) is 5.82 Å². The third-order valence-corrected chi connectivity index (χ3v) is 3.31. The number of aryl methyl sites for hydroxylation is 1. The van der Waals surface area contributed by atoms with Crippen molar-refractivity contribution in [1.29, 1.82) is 0 Å². The minimum atomic E-state index is -0.145. The van der Waals surface area contributed by atoms with Crippen molar-refractivity contribution in [2.24, 2.45) is 0 Å². The monoisotopic (exact) mass is 275 g/mol. The molecule has 0 saturated carbocycles. The van der Waals surface area contributed by atoms with E-state index in [9.17, 15) is 0 Å². The molecule has 1 unspecified atom stereocenters. The van der Waals surface area contributed by atoms with Crippen LogP contribution in [-0.2, 0) is 4.74 Å². The zero-order valence-electron chi connectivity index (χ0n) is 11.5. The van der Waals surface area contributed by atoms with Crippen LogP contribution in [0.15, 0.2) is 22.7 Å². The Bertz CT molecular complexity index is 591. The van der Waals surface area contributed by atoms with Crippen LogP contribution < -0.4 is 10.1 Å². The fourth-order valence-electron chi connectivity index (χ4n) is 2.17. The van der Waals surface area contributed by atoms with Crippen molar-refractivity contribution in [2.75, 3.05) is 26.8 Å². The van der Waals surface area contributed by atoms with Crippen molar-refractivity contribution in [1.82, 2.24) is 15.5 Å². The van der Waals surface area contributed by atoms with Crippen LogP contribution in [0.2, 0.25) is 0 Å². The average molecular weight is 275 g/mol. The Hall–Kier alpha value is -1.92. The molecule has 1 aliphatic heterocycles. The van der Waals surface area contributed by atoms with Gasteiger partial charge in [0.05, 0.1) is 13.7 Å². The van der Waals surface area contributed by atoms with Gasteiger partial charge in [0.25, 0.3) is 5.89 Å². The maximum Gasteiger partial charge on any atom is 0.258 e. The van der Waals surface area contributed by atoms with Crippen molar-refractivity contribution in [3.8, 4) is 17.2 Å². The van der Waals surface area contributed by atoms with E-state index >= 15 is 0 Å². The first-order chi connectivity index (χ1) is 9.78. The number of hydrogen-bond acceptors (Lipinski definition) is 6. The second-order valence-corrected chi connectivity index (χ2v) is 4.71. The van der Waals surface area contributed by atoms with Gasteiger partial charge in [0.15, 0.2) is 0 Å². The molecule has 106 valence electrons. The molecule has 2 heterocycles. The van der Waals surface area contributed by atoms with Crippen LogP contribution in [0.1, 0.15) is 17.5 Å². The van der Waals surface area contributed by atoms with Crippen LogP contribution in [-0.4, -0.2) is 36.9 Å². The fraction of sp³-hybridized carbons (Fsp3) is 0.429. The van der Waals surface area contributed by atoms with Crippen LogP contribution in [0.4, 0.5) is 0 Å². The van der Waals surface area contributed by atoms with Gasteiger partial charge in [-0.15, -0.1) is 0 Å². The summed E-state index contributed by atoms with van der Waals surface area (Å²) in [6.07, 6.45) is -0.145. The highest BCUT2D eigenvalue weighted by Crippen LogP contribution is 2.27. The van der Waals surface area contributed by atoms with Crippen LogP contribution in [0.5, 0.6) is 5.75 Å². The Morgan fingerprint density at radius 2 is 2.30 bits per heavy atom. The van der Waals surface area contributed by atoms with Gasteiger partial charge in [-0.2, -0.15) is 4.98 Å². The number of morpholine rings is 1. The summed E-state index contributed by atoms with van der Waals surface area (Å²) in [6, 6.07) is 5.80. The maximum atomic E-state index is 5.61. The smallest absolute Gasteiger partial charge is 0.258 e. The van der Waals surface area contributed by atoms with E-state index < -0.39 is 0 Å². The minimum Gasteiger partial charge on any atom is -0.496 e. The van der Waals surface area contributed by atoms with Crippen LogP contribution >= 0.6 is 0 Å². The lowest BCUT2D eigenvalue weighted by atomic mass is 10.1. The Morgan fingerprint density at radius 3 is 3.05 bits per heavy atom. The number of hydrogen-bond donors (Lipinski definition) is 1. The maximum absolute atomic E-state index is 5.61. The zero-order chi connectivity index (χ0) is 13.9. The summed E-state index contributed by atoms with van der Waals surface area (Å²) in [5.74, 6) is 1.86. The molecule has 2 aromatic rings. The van der Waals surface area contributed by atoms with E-state index in [4.69, 9.17) is 14.0 Å². The molecule has 20 heavy (non-hydrogen) atoms.